The highest BCUT2D eigenvalue weighted by Gasteiger charge is 2.27. The van der Waals surface area contributed by atoms with E-state index in [0.717, 1.165) is 0 Å². The van der Waals surface area contributed by atoms with Crippen LogP contribution in [0.1, 0.15) is 11.6 Å². The molecule has 0 aliphatic carbocycles. The van der Waals surface area contributed by atoms with Crippen LogP contribution in [-0.2, 0) is 0 Å². The number of fused-ring (bicyclic) bond motifs is 1. The number of halogens is 1. The highest BCUT2D eigenvalue weighted by Crippen LogP contribution is 2.33. The van der Waals surface area contributed by atoms with Gasteiger partial charge in [0.1, 0.15) is 12.4 Å². The summed E-state index contributed by atoms with van der Waals surface area (Å²) in [6.07, 6.45) is -0.323. The van der Waals surface area contributed by atoms with Crippen LogP contribution in [0.2, 0.25) is 0 Å². The fourth-order valence-corrected chi connectivity index (χ4v) is 2.14. The Kier molecular flexibility index (Phi) is 3.09. The van der Waals surface area contributed by atoms with Crippen molar-refractivity contribution in [1.82, 2.24) is 0 Å². The molecule has 2 aromatic rings. The largest absolute Gasteiger partial charge is 0.486 e. The molecule has 1 aliphatic rings. The van der Waals surface area contributed by atoms with E-state index in [1.165, 1.54) is 12.1 Å². The van der Waals surface area contributed by atoms with Crippen molar-refractivity contribution in [2.45, 2.75) is 12.1 Å². The molecule has 3 rings (SSSR count). The summed E-state index contributed by atoms with van der Waals surface area (Å²) >= 11 is 0. The zero-order chi connectivity index (χ0) is 13.2. The van der Waals surface area contributed by atoms with Crippen LogP contribution in [-0.4, -0.2) is 12.7 Å². The lowest BCUT2D eigenvalue weighted by atomic mass is 10.0. The summed E-state index contributed by atoms with van der Waals surface area (Å²) in [4.78, 5) is 0. The van der Waals surface area contributed by atoms with Gasteiger partial charge in [-0.1, -0.05) is 24.3 Å². The van der Waals surface area contributed by atoms with E-state index in [-0.39, 0.29) is 11.9 Å². The van der Waals surface area contributed by atoms with Crippen LogP contribution in [0.15, 0.2) is 48.5 Å². The Morgan fingerprint density at radius 2 is 1.89 bits per heavy atom. The minimum absolute atomic E-state index is 0.301. The first-order valence-electron chi connectivity index (χ1n) is 6.13. The third kappa shape index (κ3) is 2.39. The second-order valence-electron chi connectivity index (χ2n) is 4.49. The average Bonchev–Trinajstić information content (AvgIpc) is 2.46. The maximum Gasteiger partial charge on any atom is 0.161 e. The van der Waals surface area contributed by atoms with Crippen LogP contribution >= 0.6 is 0 Å². The summed E-state index contributed by atoms with van der Waals surface area (Å²) in [7, 11) is 0. The standard InChI is InChI=1S/C15H14FNO2/c16-11-5-3-4-10(8-11)15(17)14-9-18-12-6-1-2-7-13(12)19-14/h1-8,14-15H,9,17H2. The third-order valence-electron chi connectivity index (χ3n) is 3.16. The van der Waals surface area contributed by atoms with Crippen LogP contribution < -0.4 is 15.2 Å². The molecule has 0 saturated heterocycles. The highest BCUT2D eigenvalue weighted by molar-refractivity contribution is 5.41. The quantitative estimate of drug-likeness (QED) is 0.901. The Bertz CT molecular complexity index is 588. The minimum Gasteiger partial charge on any atom is -0.486 e. The number of benzene rings is 2. The molecule has 0 amide bonds. The van der Waals surface area contributed by atoms with Crippen LogP contribution in [0.25, 0.3) is 0 Å². The predicted molar refractivity (Wildman–Crippen MR) is 69.7 cm³/mol. The summed E-state index contributed by atoms with van der Waals surface area (Å²) in [5.41, 5.74) is 6.83. The lowest BCUT2D eigenvalue weighted by molar-refractivity contribution is 0.0720. The molecule has 19 heavy (non-hydrogen) atoms. The van der Waals surface area contributed by atoms with E-state index in [0.29, 0.717) is 23.7 Å². The molecule has 0 radical (unpaired) electrons. The average molecular weight is 259 g/mol. The molecule has 1 heterocycles. The van der Waals surface area contributed by atoms with Gasteiger partial charge in [-0.3, -0.25) is 0 Å². The maximum absolute atomic E-state index is 13.2. The molecule has 0 bridgehead atoms. The van der Waals surface area contributed by atoms with E-state index in [9.17, 15) is 4.39 Å². The van der Waals surface area contributed by atoms with Crippen LogP contribution in [0, 0.1) is 5.82 Å². The third-order valence-corrected chi connectivity index (χ3v) is 3.16. The van der Waals surface area contributed by atoms with Crippen molar-refractivity contribution in [3.63, 3.8) is 0 Å². The monoisotopic (exact) mass is 259 g/mol. The molecular formula is C15H14FNO2. The minimum atomic E-state index is -0.427. The van der Waals surface area contributed by atoms with E-state index in [1.807, 2.05) is 24.3 Å². The molecule has 1 aliphatic heterocycles. The first-order valence-corrected chi connectivity index (χ1v) is 6.13. The SMILES string of the molecule is NC(c1cccc(F)c1)C1COc2ccccc2O1. The van der Waals surface area contributed by atoms with Crippen molar-refractivity contribution in [2.75, 3.05) is 6.61 Å². The van der Waals surface area contributed by atoms with Gasteiger partial charge in [0.2, 0.25) is 0 Å². The van der Waals surface area contributed by atoms with E-state index in [1.54, 1.807) is 12.1 Å². The summed E-state index contributed by atoms with van der Waals surface area (Å²) in [5, 5.41) is 0. The van der Waals surface area contributed by atoms with Gasteiger partial charge in [-0.25, -0.2) is 4.39 Å². The molecule has 2 N–H and O–H groups in total. The lowest BCUT2D eigenvalue weighted by Gasteiger charge is -2.30. The molecule has 98 valence electrons. The highest BCUT2D eigenvalue weighted by atomic mass is 19.1. The van der Waals surface area contributed by atoms with Gasteiger partial charge in [-0.05, 0) is 29.8 Å². The van der Waals surface area contributed by atoms with E-state index < -0.39 is 6.04 Å². The Balaban J connectivity index is 1.81. The van der Waals surface area contributed by atoms with Crippen LogP contribution in [0.3, 0.4) is 0 Å². The normalized spacial score (nSPS) is 18.9. The molecule has 2 atom stereocenters. The number of hydrogen-bond acceptors (Lipinski definition) is 3. The summed E-state index contributed by atoms with van der Waals surface area (Å²) in [6, 6.07) is 13.3. The van der Waals surface area contributed by atoms with Crippen molar-refractivity contribution < 1.29 is 13.9 Å². The number of rotatable bonds is 2. The molecule has 3 nitrogen and oxygen atoms in total. The molecule has 0 fully saturated rings. The fraction of sp³-hybridized carbons (Fsp3) is 0.200. The Labute approximate surface area is 110 Å². The van der Waals surface area contributed by atoms with E-state index >= 15 is 0 Å². The molecule has 0 aromatic heterocycles. The van der Waals surface area contributed by atoms with E-state index in [2.05, 4.69) is 0 Å². The van der Waals surface area contributed by atoms with Gasteiger partial charge in [-0.2, -0.15) is 0 Å². The first kappa shape index (κ1) is 12.0. The van der Waals surface area contributed by atoms with Crippen molar-refractivity contribution in [3.05, 3.63) is 59.9 Å². The number of hydrogen-bond donors (Lipinski definition) is 1. The molecule has 0 spiro atoms. The molecule has 4 heteroatoms. The molecular weight excluding hydrogens is 245 g/mol. The predicted octanol–water partition coefficient (Wildman–Crippen LogP) is 2.67. The van der Waals surface area contributed by atoms with Crippen molar-refractivity contribution in [3.8, 4) is 11.5 Å². The van der Waals surface area contributed by atoms with Gasteiger partial charge in [0.25, 0.3) is 0 Å². The zero-order valence-electron chi connectivity index (χ0n) is 10.3. The topological polar surface area (TPSA) is 44.5 Å². The Hall–Kier alpha value is -2.07. The second kappa shape index (κ2) is 4.90. The van der Waals surface area contributed by atoms with Gasteiger partial charge >= 0.3 is 0 Å². The number of ether oxygens (including phenoxy) is 2. The molecule has 2 unspecified atom stereocenters. The second-order valence-corrected chi connectivity index (χ2v) is 4.49. The van der Waals surface area contributed by atoms with Crippen molar-refractivity contribution in [2.24, 2.45) is 5.73 Å². The summed E-state index contributed by atoms with van der Waals surface area (Å²) in [5.74, 6) is 1.08. The lowest BCUT2D eigenvalue weighted by Crippen LogP contribution is -2.38. The first-order chi connectivity index (χ1) is 9.24. The summed E-state index contributed by atoms with van der Waals surface area (Å²) < 4.78 is 24.6. The van der Waals surface area contributed by atoms with Gasteiger partial charge in [0.05, 0.1) is 6.04 Å². The van der Waals surface area contributed by atoms with Crippen molar-refractivity contribution in [1.29, 1.82) is 0 Å². The van der Waals surface area contributed by atoms with Gasteiger partial charge in [-0.15, -0.1) is 0 Å². The maximum atomic E-state index is 13.2. The summed E-state index contributed by atoms with van der Waals surface area (Å²) in [6.45, 7) is 0.356. The van der Waals surface area contributed by atoms with Crippen LogP contribution in [0.4, 0.5) is 4.39 Å². The van der Waals surface area contributed by atoms with Gasteiger partial charge in [0, 0.05) is 0 Å². The zero-order valence-corrected chi connectivity index (χ0v) is 10.3. The van der Waals surface area contributed by atoms with E-state index in [4.69, 9.17) is 15.2 Å². The Morgan fingerprint density at radius 1 is 1.11 bits per heavy atom. The van der Waals surface area contributed by atoms with Crippen molar-refractivity contribution >= 4 is 0 Å². The smallest absolute Gasteiger partial charge is 0.161 e. The Morgan fingerprint density at radius 3 is 2.68 bits per heavy atom. The number of nitrogens with two attached hydrogens (primary N) is 1. The molecule has 0 saturated carbocycles. The van der Waals surface area contributed by atoms with Gasteiger partial charge in [0.15, 0.2) is 17.6 Å². The van der Waals surface area contributed by atoms with Crippen LogP contribution in [0.5, 0.6) is 11.5 Å². The van der Waals surface area contributed by atoms with Gasteiger partial charge < -0.3 is 15.2 Å². The molecule has 2 aromatic carbocycles. The fourth-order valence-electron chi connectivity index (χ4n) is 2.14. The number of para-hydroxylation sites is 2.